The van der Waals surface area contributed by atoms with Crippen molar-refractivity contribution in [2.24, 2.45) is 0 Å². The van der Waals surface area contributed by atoms with Crippen molar-refractivity contribution in [3.8, 4) is 11.5 Å². The van der Waals surface area contributed by atoms with Crippen molar-refractivity contribution in [3.05, 3.63) is 23.8 Å². The van der Waals surface area contributed by atoms with E-state index in [-0.39, 0.29) is 0 Å². The van der Waals surface area contributed by atoms with E-state index in [2.05, 4.69) is 18.3 Å². The van der Waals surface area contributed by atoms with Crippen LogP contribution in [0.1, 0.15) is 37.8 Å². The van der Waals surface area contributed by atoms with Gasteiger partial charge in [0.05, 0.1) is 20.3 Å². The Balaban J connectivity index is 2.13. The molecular formula is C16H25NO3. The third-order valence-electron chi connectivity index (χ3n) is 3.70. The summed E-state index contributed by atoms with van der Waals surface area (Å²) in [7, 11) is 3.45. The van der Waals surface area contributed by atoms with Crippen LogP contribution in [0.5, 0.6) is 11.5 Å². The van der Waals surface area contributed by atoms with E-state index in [1.807, 2.05) is 12.1 Å². The first-order chi connectivity index (χ1) is 9.78. The maximum atomic E-state index is 5.73. The fourth-order valence-corrected chi connectivity index (χ4v) is 2.72. The zero-order valence-electron chi connectivity index (χ0n) is 12.6. The van der Waals surface area contributed by atoms with E-state index in [1.165, 1.54) is 5.56 Å². The van der Waals surface area contributed by atoms with Gasteiger partial charge < -0.3 is 19.5 Å². The number of rotatable bonds is 7. The van der Waals surface area contributed by atoms with Crippen molar-refractivity contribution in [1.29, 1.82) is 0 Å². The molecule has 1 aliphatic rings. The highest BCUT2D eigenvalue weighted by Gasteiger charge is 2.24. The van der Waals surface area contributed by atoms with E-state index in [4.69, 9.17) is 14.2 Å². The average Bonchev–Trinajstić information content (AvgIpc) is 2.47. The van der Waals surface area contributed by atoms with Gasteiger partial charge in [-0.1, -0.05) is 13.3 Å². The molecule has 0 amide bonds. The highest BCUT2D eigenvalue weighted by molar-refractivity contribution is 5.43. The highest BCUT2D eigenvalue weighted by Crippen LogP contribution is 2.35. The first-order valence-corrected chi connectivity index (χ1v) is 7.34. The fraction of sp³-hybridized carbons (Fsp3) is 0.625. The van der Waals surface area contributed by atoms with Gasteiger partial charge in [0.2, 0.25) is 0 Å². The molecule has 0 spiro atoms. The molecule has 4 heteroatoms. The fourth-order valence-electron chi connectivity index (χ4n) is 2.72. The second-order valence-electron chi connectivity index (χ2n) is 5.20. The van der Waals surface area contributed by atoms with Crippen LogP contribution >= 0.6 is 0 Å². The molecule has 1 heterocycles. The summed E-state index contributed by atoms with van der Waals surface area (Å²) < 4.78 is 16.4. The lowest BCUT2D eigenvalue weighted by Crippen LogP contribution is -2.38. The Morgan fingerprint density at radius 2 is 2.25 bits per heavy atom. The Kier molecular flexibility index (Phi) is 5.68. The lowest BCUT2D eigenvalue weighted by atomic mass is 9.98. The summed E-state index contributed by atoms with van der Waals surface area (Å²) >= 11 is 0. The molecule has 1 aromatic carbocycles. The van der Waals surface area contributed by atoms with E-state index < -0.39 is 0 Å². The minimum atomic E-state index is 0.306. The smallest absolute Gasteiger partial charge is 0.124 e. The summed E-state index contributed by atoms with van der Waals surface area (Å²) in [4.78, 5) is 0. The molecule has 0 aliphatic carbocycles. The van der Waals surface area contributed by atoms with Crippen LogP contribution in [0.25, 0.3) is 0 Å². The number of fused-ring (bicyclic) bond motifs is 1. The molecule has 2 atom stereocenters. The summed E-state index contributed by atoms with van der Waals surface area (Å²) in [6.07, 6.45) is 3.24. The van der Waals surface area contributed by atoms with Crippen LogP contribution in [-0.2, 0) is 4.74 Å². The maximum absolute atomic E-state index is 5.73. The Hall–Kier alpha value is -1.26. The molecule has 1 aliphatic heterocycles. The highest BCUT2D eigenvalue weighted by atomic mass is 16.5. The normalized spacial score (nSPS) is 19.1. The SMILES string of the molecule is CCCC(COC)NC1CCOc2ccc(OC)cc21. The zero-order valence-corrected chi connectivity index (χ0v) is 12.6. The van der Waals surface area contributed by atoms with Crippen LogP contribution in [0.15, 0.2) is 18.2 Å². The van der Waals surface area contributed by atoms with E-state index in [9.17, 15) is 0 Å². The molecule has 1 aromatic rings. The molecule has 0 aromatic heterocycles. The largest absolute Gasteiger partial charge is 0.497 e. The second-order valence-corrected chi connectivity index (χ2v) is 5.20. The minimum absolute atomic E-state index is 0.306. The monoisotopic (exact) mass is 279 g/mol. The molecular weight excluding hydrogens is 254 g/mol. The number of hydrogen-bond acceptors (Lipinski definition) is 4. The summed E-state index contributed by atoms with van der Waals surface area (Å²) in [6, 6.07) is 6.70. The van der Waals surface area contributed by atoms with Gasteiger partial charge in [-0.2, -0.15) is 0 Å². The molecule has 0 radical (unpaired) electrons. The van der Waals surface area contributed by atoms with E-state index in [0.29, 0.717) is 12.1 Å². The molecule has 0 saturated carbocycles. The van der Waals surface area contributed by atoms with Crippen molar-refractivity contribution in [2.45, 2.75) is 38.3 Å². The standard InChI is InChI=1S/C16H25NO3/c1-4-5-12(11-18-2)17-15-8-9-20-16-7-6-13(19-3)10-14(15)16/h6-7,10,12,15,17H,4-5,8-9,11H2,1-3H3. The third-order valence-corrected chi connectivity index (χ3v) is 3.70. The summed E-state index contributed by atoms with van der Waals surface area (Å²) in [5.41, 5.74) is 1.19. The second kappa shape index (κ2) is 7.50. The number of methoxy groups -OCH3 is 2. The van der Waals surface area contributed by atoms with Crippen LogP contribution in [0, 0.1) is 0 Å². The molecule has 2 rings (SSSR count). The van der Waals surface area contributed by atoms with Crippen molar-refractivity contribution < 1.29 is 14.2 Å². The van der Waals surface area contributed by atoms with Gasteiger partial charge in [-0.25, -0.2) is 0 Å². The van der Waals surface area contributed by atoms with Gasteiger partial charge in [-0.15, -0.1) is 0 Å². The Labute approximate surface area is 121 Å². The van der Waals surface area contributed by atoms with E-state index in [0.717, 1.165) is 44.0 Å². The van der Waals surface area contributed by atoms with Gasteiger partial charge in [0, 0.05) is 31.2 Å². The van der Waals surface area contributed by atoms with Crippen LogP contribution in [0.3, 0.4) is 0 Å². The van der Waals surface area contributed by atoms with Crippen molar-refractivity contribution in [3.63, 3.8) is 0 Å². The van der Waals surface area contributed by atoms with Gasteiger partial charge in [0.1, 0.15) is 11.5 Å². The van der Waals surface area contributed by atoms with Gasteiger partial charge >= 0.3 is 0 Å². The number of nitrogens with one attached hydrogen (secondary N) is 1. The third kappa shape index (κ3) is 3.64. The van der Waals surface area contributed by atoms with Crippen molar-refractivity contribution in [2.75, 3.05) is 27.4 Å². The van der Waals surface area contributed by atoms with Gasteiger partial charge in [0.25, 0.3) is 0 Å². The van der Waals surface area contributed by atoms with E-state index in [1.54, 1.807) is 14.2 Å². The molecule has 1 N–H and O–H groups in total. The minimum Gasteiger partial charge on any atom is -0.497 e. The zero-order chi connectivity index (χ0) is 14.4. The Bertz CT molecular complexity index is 416. The van der Waals surface area contributed by atoms with Crippen LogP contribution in [0.2, 0.25) is 0 Å². The molecule has 0 fully saturated rings. The molecule has 2 unspecified atom stereocenters. The predicted octanol–water partition coefficient (Wildman–Crippen LogP) is 2.92. The quantitative estimate of drug-likeness (QED) is 0.833. The first kappa shape index (κ1) is 15.1. The molecule has 4 nitrogen and oxygen atoms in total. The summed E-state index contributed by atoms with van der Waals surface area (Å²) in [5, 5.41) is 3.70. The van der Waals surface area contributed by atoms with Crippen LogP contribution < -0.4 is 14.8 Å². The maximum Gasteiger partial charge on any atom is 0.124 e. The molecule has 0 saturated heterocycles. The van der Waals surface area contributed by atoms with Crippen LogP contribution in [0.4, 0.5) is 0 Å². The predicted molar refractivity (Wildman–Crippen MR) is 79.6 cm³/mol. The number of ether oxygens (including phenoxy) is 3. The van der Waals surface area contributed by atoms with E-state index >= 15 is 0 Å². The Morgan fingerprint density at radius 3 is 2.95 bits per heavy atom. The van der Waals surface area contributed by atoms with Gasteiger partial charge in [-0.3, -0.25) is 0 Å². The first-order valence-electron chi connectivity index (χ1n) is 7.34. The van der Waals surface area contributed by atoms with Gasteiger partial charge in [-0.05, 0) is 24.6 Å². The number of benzene rings is 1. The lowest BCUT2D eigenvalue weighted by molar-refractivity contribution is 0.148. The van der Waals surface area contributed by atoms with Crippen molar-refractivity contribution >= 4 is 0 Å². The van der Waals surface area contributed by atoms with Crippen LogP contribution in [-0.4, -0.2) is 33.5 Å². The molecule has 20 heavy (non-hydrogen) atoms. The summed E-state index contributed by atoms with van der Waals surface area (Å²) in [5.74, 6) is 1.84. The molecule has 112 valence electrons. The Morgan fingerprint density at radius 1 is 1.40 bits per heavy atom. The van der Waals surface area contributed by atoms with Crippen molar-refractivity contribution in [1.82, 2.24) is 5.32 Å². The number of hydrogen-bond donors (Lipinski definition) is 1. The molecule has 0 bridgehead atoms. The summed E-state index contributed by atoms with van der Waals surface area (Å²) in [6.45, 7) is 3.69. The topological polar surface area (TPSA) is 39.7 Å². The average molecular weight is 279 g/mol. The van der Waals surface area contributed by atoms with Gasteiger partial charge in [0.15, 0.2) is 0 Å². The lowest BCUT2D eigenvalue weighted by Gasteiger charge is -2.30.